The molecule has 1 aromatic heterocycles. The van der Waals surface area contributed by atoms with Crippen LogP contribution in [0.25, 0.3) is 11.0 Å². The van der Waals surface area contributed by atoms with Gasteiger partial charge in [0.05, 0.1) is 22.4 Å². The van der Waals surface area contributed by atoms with Crippen molar-refractivity contribution in [2.75, 3.05) is 26.2 Å². The van der Waals surface area contributed by atoms with Gasteiger partial charge in [0, 0.05) is 24.7 Å². The molecule has 3 heterocycles. The van der Waals surface area contributed by atoms with Crippen LogP contribution >= 0.6 is 0 Å². The number of amides is 1. The number of carbonyl (C=O) groups excluding carboxylic acids is 1. The predicted molar refractivity (Wildman–Crippen MR) is 103 cm³/mol. The Morgan fingerprint density at radius 2 is 1.58 bits per heavy atom. The number of rotatable bonds is 2. The van der Waals surface area contributed by atoms with Crippen LogP contribution in [-0.4, -0.2) is 57.9 Å². The van der Waals surface area contributed by atoms with Gasteiger partial charge in [-0.15, -0.1) is 0 Å². The summed E-state index contributed by atoms with van der Waals surface area (Å²) in [5.41, 5.74) is 4.25. The van der Waals surface area contributed by atoms with E-state index in [4.69, 9.17) is 0 Å². The topological polar surface area (TPSA) is 49.3 Å². The average Bonchev–Trinajstić information content (AvgIpc) is 2.69. The van der Waals surface area contributed by atoms with E-state index in [9.17, 15) is 4.79 Å². The highest BCUT2D eigenvalue weighted by Crippen LogP contribution is 2.23. The van der Waals surface area contributed by atoms with Gasteiger partial charge in [0.1, 0.15) is 0 Å². The van der Waals surface area contributed by atoms with E-state index >= 15 is 0 Å². The van der Waals surface area contributed by atoms with Gasteiger partial charge in [-0.3, -0.25) is 4.79 Å². The average molecular weight is 352 g/mol. The van der Waals surface area contributed by atoms with E-state index in [2.05, 4.69) is 14.9 Å². The molecule has 138 valence electrons. The van der Waals surface area contributed by atoms with Gasteiger partial charge >= 0.3 is 0 Å². The van der Waals surface area contributed by atoms with E-state index in [1.54, 1.807) is 0 Å². The Morgan fingerprint density at radius 3 is 2.27 bits per heavy atom. The Bertz CT molecular complexity index is 805. The van der Waals surface area contributed by atoms with Crippen molar-refractivity contribution in [2.45, 2.75) is 52.0 Å². The Kier molecular flexibility index (Phi) is 4.90. The van der Waals surface area contributed by atoms with E-state index in [1.165, 1.54) is 32.4 Å². The lowest BCUT2D eigenvalue weighted by molar-refractivity contribution is 0.0590. The molecule has 2 saturated heterocycles. The monoisotopic (exact) mass is 352 g/mol. The van der Waals surface area contributed by atoms with Crippen molar-refractivity contribution >= 4 is 16.9 Å². The zero-order chi connectivity index (χ0) is 18.1. The fourth-order valence-electron chi connectivity index (χ4n) is 4.26. The second-order valence-corrected chi connectivity index (χ2v) is 7.72. The summed E-state index contributed by atoms with van der Waals surface area (Å²) in [6.45, 7) is 8.11. The zero-order valence-electron chi connectivity index (χ0n) is 15.9. The Hall–Kier alpha value is -2.01. The van der Waals surface area contributed by atoms with Gasteiger partial charge in [-0.2, -0.15) is 0 Å². The summed E-state index contributed by atoms with van der Waals surface area (Å²) in [6.07, 6.45) is 6.22. The molecule has 2 fully saturated rings. The lowest BCUT2D eigenvalue weighted by atomic mass is 9.99. The third-order valence-electron chi connectivity index (χ3n) is 5.98. The van der Waals surface area contributed by atoms with Crippen LogP contribution in [0.5, 0.6) is 0 Å². The van der Waals surface area contributed by atoms with Crippen molar-refractivity contribution in [1.82, 2.24) is 19.8 Å². The van der Waals surface area contributed by atoms with Gasteiger partial charge < -0.3 is 9.80 Å². The van der Waals surface area contributed by atoms with E-state index in [0.717, 1.165) is 53.9 Å². The maximum Gasteiger partial charge on any atom is 0.253 e. The van der Waals surface area contributed by atoms with Crippen LogP contribution in [0.2, 0.25) is 0 Å². The highest BCUT2D eigenvalue weighted by atomic mass is 16.2. The summed E-state index contributed by atoms with van der Waals surface area (Å²) in [5.74, 6) is 0.129. The molecule has 0 radical (unpaired) electrons. The van der Waals surface area contributed by atoms with E-state index < -0.39 is 0 Å². The van der Waals surface area contributed by atoms with Gasteiger partial charge in [0.25, 0.3) is 5.91 Å². The molecule has 26 heavy (non-hydrogen) atoms. The van der Waals surface area contributed by atoms with Crippen LogP contribution in [0.1, 0.15) is 53.8 Å². The Morgan fingerprint density at radius 1 is 0.923 bits per heavy atom. The zero-order valence-corrected chi connectivity index (χ0v) is 15.9. The number of fused-ring (bicyclic) bond motifs is 1. The first-order chi connectivity index (χ1) is 12.6. The molecule has 5 nitrogen and oxygen atoms in total. The number of aryl methyl sites for hydroxylation is 2. The number of benzene rings is 1. The summed E-state index contributed by atoms with van der Waals surface area (Å²) < 4.78 is 0. The molecule has 0 saturated carbocycles. The summed E-state index contributed by atoms with van der Waals surface area (Å²) in [7, 11) is 0. The fourth-order valence-corrected chi connectivity index (χ4v) is 4.26. The standard InChI is InChI=1S/C21H28N4O/c1-15-16(2)23-20-14-17(6-7-19(20)22-15)21(26)25-12-8-18(9-13-25)24-10-4-3-5-11-24/h6-7,14,18H,3-5,8-13H2,1-2H3. The minimum Gasteiger partial charge on any atom is -0.339 e. The summed E-state index contributed by atoms with van der Waals surface area (Å²) in [4.78, 5) is 26.7. The van der Waals surface area contributed by atoms with E-state index in [1.807, 2.05) is 36.9 Å². The molecule has 0 unspecified atom stereocenters. The normalized spacial score (nSPS) is 19.8. The molecule has 0 aliphatic carbocycles. The molecular weight excluding hydrogens is 324 g/mol. The van der Waals surface area contributed by atoms with Crippen LogP contribution in [0, 0.1) is 13.8 Å². The second kappa shape index (κ2) is 7.31. The van der Waals surface area contributed by atoms with Gasteiger partial charge in [0.2, 0.25) is 0 Å². The first-order valence-corrected chi connectivity index (χ1v) is 9.90. The molecule has 0 bridgehead atoms. The molecule has 1 aromatic carbocycles. The molecule has 1 amide bonds. The molecule has 0 N–H and O–H groups in total. The smallest absolute Gasteiger partial charge is 0.253 e. The van der Waals surface area contributed by atoms with Crippen molar-refractivity contribution in [1.29, 1.82) is 0 Å². The molecule has 4 rings (SSSR count). The number of hydrogen-bond donors (Lipinski definition) is 0. The van der Waals surface area contributed by atoms with Gasteiger partial charge in [-0.05, 0) is 70.8 Å². The predicted octanol–water partition coefficient (Wildman–Crippen LogP) is 3.34. The maximum absolute atomic E-state index is 12.9. The molecule has 2 aliphatic heterocycles. The largest absolute Gasteiger partial charge is 0.339 e. The number of nitrogens with zero attached hydrogens (tertiary/aromatic N) is 4. The lowest BCUT2D eigenvalue weighted by Gasteiger charge is -2.40. The van der Waals surface area contributed by atoms with Crippen molar-refractivity contribution in [3.63, 3.8) is 0 Å². The number of carbonyl (C=O) groups is 1. The molecule has 2 aromatic rings. The maximum atomic E-state index is 12.9. The van der Waals surface area contributed by atoms with Crippen LogP contribution in [-0.2, 0) is 0 Å². The van der Waals surface area contributed by atoms with Crippen molar-refractivity contribution in [3.8, 4) is 0 Å². The Labute approximate surface area is 155 Å². The highest BCUT2D eigenvalue weighted by Gasteiger charge is 2.28. The number of hydrogen-bond acceptors (Lipinski definition) is 4. The second-order valence-electron chi connectivity index (χ2n) is 7.72. The third kappa shape index (κ3) is 3.45. The number of aromatic nitrogens is 2. The molecule has 2 aliphatic rings. The van der Waals surface area contributed by atoms with Crippen molar-refractivity contribution in [2.24, 2.45) is 0 Å². The summed E-state index contributed by atoms with van der Waals surface area (Å²) >= 11 is 0. The van der Waals surface area contributed by atoms with Gasteiger partial charge in [0.15, 0.2) is 0 Å². The molecule has 0 spiro atoms. The Balaban J connectivity index is 1.44. The fraction of sp³-hybridized carbons (Fsp3) is 0.571. The molecule has 0 atom stereocenters. The number of piperidine rings is 2. The minimum atomic E-state index is 0.129. The summed E-state index contributed by atoms with van der Waals surface area (Å²) in [6, 6.07) is 6.37. The van der Waals surface area contributed by atoms with E-state index in [0.29, 0.717) is 6.04 Å². The van der Waals surface area contributed by atoms with E-state index in [-0.39, 0.29) is 5.91 Å². The lowest BCUT2D eigenvalue weighted by Crippen LogP contribution is -2.48. The SMILES string of the molecule is Cc1nc2ccc(C(=O)N3CCC(N4CCCCC4)CC3)cc2nc1C. The minimum absolute atomic E-state index is 0.129. The first kappa shape index (κ1) is 17.4. The summed E-state index contributed by atoms with van der Waals surface area (Å²) in [5, 5.41) is 0. The van der Waals surface area contributed by atoms with Gasteiger partial charge in [-0.25, -0.2) is 9.97 Å². The van der Waals surface area contributed by atoms with Gasteiger partial charge in [-0.1, -0.05) is 6.42 Å². The highest BCUT2D eigenvalue weighted by molar-refractivity contribution is 5.97. The third-order valence-corrected chi connectivity index (χ3v) is 5.98. The number of likely N-dealkylation sites (tertiary alicyclic amines) is 2. The molecule has 5 heteroatoms. The van der Waals surface area contributed by atoms with Crippen LogP contribution in [0.15, 0.2) is 18.2 Å². The van der Waals surface area contributed by atoms with Crippen LogP contribution in [0.3, 0.4) is 0 Å². The first-order valence-electron chi connectivity index (χ1n) is 9.90. The van der Waals surface area contributed by atoms with Crippen molar-refractivity contribution < 1.29 is 4.79 Å². The van der Waals surface area contributed by atoms with Crippen LogP contribution < -0.4 is 0 Å². The molecular formula is C21H28N4O. The quantitative estimate of drug-likeness (QED) is 0.832. The van der Waals surface area contributed by atoms with Crippen molar-refractivity contribution in [3.05, 3.63) is 35.2 Å². The van der Waals surface area contributed by atoms with Crippen LogP contribution in [0.4, 0.5) is 0 Å².